The number of aryl methyl sites for hydroxylation is 12. The fraction of sp³-hybridized carbons (Fsp3) is 0.225. The van der Waals surface area contributed by atoms with E-state index in [-0.39, 0.29) is 14.9 Å². The number of benzene rings is 10. The predicted molar refractivity (Wildman–Crippen MR) is 444 cm³/mol. The topological polar surface area (TPSA) is 46.0 Å². The van der Waals surface area contributed by atoms with Crippen LogP contribution in [0.25, 0.3) is 11.1 Å². The number of nitriles is 1. The van der Waals surface area contributed by atoms with Gasteiger partial charge < -0.3 is 19.6 Å². The van der Waals surface area contributed by atoms with E-state index in [1.165, 1.54) is 152 Å². The summed E-state index contributed by atoms with van der Waals surface area (Å²) in [6, 6.07) is 78.1. The average Bonchev–Trinajstić information content (AvgIpc) is 1.64. The Bertz CT molecular complexity index is 4150. The van der Waals surface area contributed by atoms with Crippen LogP contribution in [0.2, 0.25) is 0 Å². The third kappa shape index (κ3) is 20.7. The van der Waals surface area contributed by atoms with Gasteiger partial charge in [0.2, 0.25) is 0 Å². The molecule has 2 aliphatic heterocycles. The molecule has 0 radical (unpaired) electrons. The second kappa shape index (κ2) is 39.1. The number of hydrogen-bond acceptors (Lipinski definition) is 6. The number of fused-ring (bicyclic) bond motifs is 2. The molecule has 0 bridgehead atoms. The van der Waals surface area contributed by atoms with Crippen LogP contribution >= 0.6 is 46.9 Å². The van der Waals surface area contributed by atoms with Crippen molar-refractivity contribution in [3.63, 3.8) is 0 Å². The number of rotatable bonds is 9. The zero-order valence-electron chi connectivity index (χ0n) is 59.8. The van der Waals surface area contributed by atoms with Crippen molar-refractivity contribution in [2.75, 3.05) is 52.9 Å². The van der Waals surface area contributed by atoms with Gasteiger partial charge in [-0.1, -0.05) is 122 Å². The Kier molecular flexibility index (Phi) is 31.5. The molecular weight excluding hydrogens is 1530 g/mol. The molecule has 13 heteroatoms. The van der Waals surface area contributed by atoms with Crippen LogP contribution in [0.3, 0.4) is 0 Å². The van der Waals surface area contributed by atoms with Crippen LogP contribution in [-0.2, 0) is 31.6 Å². The third-order valence-electron chi connectivity index (χ3n) is 17.6. The Labute approximate surface area is 638 Å². The maximum atomic E-state index is 7.32. The minimum atomic E-state index is -1.88. The van der Waals surface area contributed by atoms with E-state index >= 15 is 0 Å². The molecule has 0 atom stereocenters. The molecule has 0 aromatic heterocycles. The van der Waals surface area contributed by atoms with Gasteiger partial charge in [0.25, 0.3) is 0 Å². The summed E-state index contributed by atoms with van der Waals surface area (Å²) >= 11 is -3.76. The van der Waals surface area contributed by atoms with Gasteiger partial charge in [0.1, 0.15) is 10.6 Å². The van der Waals surface area contributed by atoms with Gasteiger partial charge in [-0.3, -0.25) is 0 Å². The van der Waals surface area contributed by atoms with E-state index < -0.39 is 35.2 Å². The van der Waals surface area contributed by atoms with Crippen molar-refractivity contribution in [1.29, 1.82) is 5.26 Å². The number of halogens is 4. The molecule has 0 spiro atoms. The summed E-state index contributed by atoms with van der Waals surface area (Å²) in [4.78, 5) is 9.62. The Hall–Kier alpha value is -7.09. The summed E-state index contributed by atoms with van der Waals surface area (Å²) in [5.41, 5.74) is 31.4. The van der Waals surface area contributed by atoms with Crippen LogP contribution in [0.4, 0.5) is 22.7 Å². The summed E-state index contributed by atoms with van der Waals surface area (Å²) < 4.78 is 7.87. The average molecular weight is 1630 g/mol. The van der Waals surface area contributed by atoms with Gasteiger partial charge in [-0.2, -0.15) is 18.6 Å². The van der Waals surface area contributed by atoms with Gasteiger partial charge >= 0.3 is 240 Å². The molecule has 2 fully saturated rings. The molecule has 0 amide bonds. The summed E-state index contributed by atoms with van der Waals surface area (Å²) in [6.07, 6.45) is 4.30. The van der Waals surface area contributed by atoms with Crippen LogP contribution in [0.15, 0.2) is 231 Å². The van der Waals surface area contributed by atoms with Crippen molar-refractivity contribution in [3.8, 4) is 6.07 Å². The summed E-state index contributed by atoms with van der Waals surface area (Å²) in [6.45, 7) is 36.6. The summed E-state index contributed by atoms with van der Waals surface area (Å²) in [5, 5.41) is 9.90. The second-order valence-corrected chi connectivity index (χ2v) is 39.3. The standard InChI is InChI=1S/2C21H27N2.2C15H10.C13H13OP.C2H3N.2CH4.4ClH.2Ru/c2*1-14-9-16(3)20(17(4)10-14)22-7-8-23(13-22)21-18(5)11-15(2)12-19(21)6;2*1-2-6-12(7-3-1)15-11-10-13-8-4-5-9-14(13)15;1-14-15(12-8-4-2-5-9-12)13-10-6-3-7-11-13;1-2-3;;;;;;;;/h2*9-13H,7-8H2,1-6H3;2*1-9,11H;2-11H,1H3;1H3;2*1H4;4*1H;;/q2*-1;;;;;;;;;;;2*+2/p-3. The van der Waals surface area contributed by atoms with Crippen molar-refractivity contribution in [2.45, 2.75) is 105 Å². The van der Waals surface area contributed by atoms with Gasteiger partial charge in [0.05, 0.1) is 13.2 Å². The molecule has 4 aliphatic rings. The summed E-state index contributed by atoms with van der Waals surface area (Å²) in [5.74, 6) is 0. The molecule has 10 aromatic carbocycles. The zero-order chi connectivity index (χ0) is 71.7. The van der Waals surface area contributed by atoms with Crippen LogP contribution in [0.5, 0.6) is 0 Å². The molecule has 102 heavy (non-hydrogen) atoms. The molecule has 14 rings (SSSR count). The Morgan fingerprint density at radius 2 is 0.578 bits per heavy atom. The van der Waals surface area contributed by atoms with E-state index in [9.17, 15) is 0 Å². The second-order valence-electron chi connectivity index (χ2n) is 25.5. The first-order chi connectivity index (χ1) is 48.1. The predicted octanol–water partition coefficient (Wildman–Crippen LogP) is 23.3. The Balaban J connectivity index is 0.000000177. The zero-order valence-corrected chi connectivity index (χ0v) is 67.3. The van der Waals surface area contributed by atoms with Gasteiger partial charge in [0.15, 0.2) is 8.15 Å². The SMILES string of the molecule is C.C.CC#N.CO[PH+](c1ccccc1)c1ccccc1.Cc1cc(C)c(N2[CH-]N(c3c(C)cc(C)cc3C)CC2)c(C)c1.Cc1cc(C)c(N2[CH-]N(c3c(C)cc(C)cc3C)CC2)c(C)c1.[Cl][Ru]([Cl])=[C]1C=C(c2ccccc2)c2ccccc21.[Cl][Ru]([Cl])=[C]1C=C(c2ccccc2)c2ccccc21. The van der Waals surface area contributed by atoms with E-state index in [1.54, 1.807) is 13.2 Å². The van der Waals surface area contributed by atoms with Crippen molar-refractivity contribution in [3.05, 3.63) is 344 Å². The van der Waals surface area contributed by atoms with Crippen LogP contribution in [-0.4, -0.2) is 41.5 Å². The quantitative estimate of drug-likeness (QED) is 0.0815. The molecule has 10 aromatic rings. The monoisotopic (exact) mass is 1630 g/mol. The Morgan fingerprint density at radius 1 is 0.363 bits per heavy atom. The molecular formula is C89H99Cl4N5OPRu2-. The molecule has 2 saturated heterocycles. The number of anilines is 4. The normalized spacial score (nSPS) is 13.3. The minimum absolute atomic E-state index is 0. The molecule has 6 nitrogen and oxygen atoms in total. The summed E-state index contributed by atoms with van der Waals surface area (Å²) in [7, 11) is 25.5. The van der Waals surface area contributed by atoms with Gasteiger partial charge in [-0.25, -0.2) is 4.52 Å². The van der Waals surface area contributed by atoms with Crippen molar-refractivity contribution < 1.29 is 31.6 Å². The van der Waals surface area contributed by atoms with E-state index in [0.717, 1.165) is 34.4 Å². The van der Waals surface area contributed by atoms with E-state index in [0.29, 0.717) is 0 Å². The fourth-order valence-electron chi connectivity index (χ4n) is 14.1. The van der Waals surface area contributed by atoms with Crippen molar-refractivity contribution >= 4 is 99.6 Å². The number of nitrogens with zero attached hydrogens (tertiary/aromatic N) is 5. The third-order valence-corrected chi connectivity index (χ3v) is 26.0. The molecule has 0 N–H and O–H groups in total. The van der Waals surface area contributed by atoms with Gasteiger partial charge in [-0.15, -0.1) is 0 Å². The Morgan fingerprint density at radius 3 is 0.804 bits per heavy atom. The maximum absolute atomic E-state index is 7.32. The van der Waals surface area contributed by atoms with E-state index in [2.05, 4.69) is 286 Å². The van der Waals surface area contributed by atoms with Gasteiger partial charge in [0, 0.05) is 55.9 Å². The molecule has 536 valence electrons. The first kappa shape index (κ1) is 82.2. The molecule has 0 saturated carbocycles. The van der Waals surface area contributed by atoms with E-state index in [1.807, 2.05) is 60.7 Å². The first-order valence-corrected chi connectivity index (χ1v) is 45.6. The van der Waals surface area contributed by atoms with Crippen LogP contribution in [0.1, 0.15) is 122 Å². The van der Waals surface area contributed by atoms with Crippen LogP contribution < -0.4 is 30.2 Å². The molecule has 2 heterocycles. The van der Waals surface area contributed by atoms with E-state index in [4.69, 9.17) is 48.5 Å². The van der Waals surface area contributed by atoms with Crippen molar-refractivity contribution in [2.24, 2.45) is 0 Å². The van der Waals surface area contributed by atoms with Gasteiger partial charge in [-0.05, 0) is 152 Å². The van der Waals surface area contributed by atoms with Crippen LogP contribution in [0, 0.1) is 108 Å². The number of allylic oxidation sites excluding steroid dienone is 2. The van der Waals surface area contributed by atoms with Crippen molar-refractivity contribution in [1.82, 2.24) is 0 Å². The first-order valence-electron chi connectivity index (χ1n) is 33.5. The number of hydrogen-bond donors (Lipinski definition) is 0. The fourth-order valence-corrected chi connectivity index (χ4v) is 20.9. The molecule has 0 unspecified atom stereocenters. The molecule has 2 aliphatic carbocycles.